The molecule has 7 nitrogen and oxygen atoms in total. The van der Waals surface area contributed by atoms with Gasteiger partial charge in [-0.05, 0) is 30.3 Å². The summed E-state index contributed by atoms with van der Waals surface area (Å²) < 4.78 is 7.04. The van der Waals surface area contributed by atoms with Crippen molar-refractivity contribution in [3.05, 3.63) is 82.7 Å². The number of imidazole rings is 1. The van der Waals surface area contributed by atoms with Gasteiger partial charge in [0.05, 0.1) is 17.6 Å². The number of aromatic nitrogens is 3. The van der Waals surface area contributed by atoms with Crippen LogP contribution in [0, 0.1) is 0 Å². The third kappa shape index (κ3) is 3.07. The van der Waals surface area contributed by atoms with Gasteiger partial charge >= 0.3 is 0 Å². The molecule has 4 aromatic rings. The first-order valence-corrected chi connectivity index (χ1v) is 7.69. The van der Waals surface area contributed by atoms with Crippen molar-refractivity contribution in [2.24, 2.45) is 0 Å². The smallest absolute Gasteiger partial charge is 0.293 e. The number of hydrogen-bond donors (Lipinski definition) is 2. The zero-order chi connectivity index (χ0) is 17.2. The minimum absolute atomic E-state index is 0.132. The van der Waals surface area contributed by atoms with E-state index in [1.54, 1.807) is 30.5 Å². The highest BCUT2D eigenvalue weighted by Crippen LogP contribution is 2.15. The van der Waals surface area contributed by atoms with E-state index < -0.39 is 5.91 Å². The van der Waals surface area contributed by atoms with E-state index in [0.717, 1.165) is 11.0 Å². The second-order valence-corrected chi connectivity index (χ2v) is 5.49. The lowest BCUT2D eigenvalue weighted by Crippen LogP contribution is -2.18. The number of furan rings is 1. The van der Waals surface area contributed by atoms with Gasteiger partial charge in [-0.1, -0.05) is 18.2 Å². The summed E-state index contributed by atoms with van der Waals surface area (Å²) in [6.45, 7) is 0.261. The fourth-order valence-electron chi connectivity index (χ4n) is 2.53. The van der Waals surface area contributed by atoms with Crippen LogP contribution in [0.2, 0.25) is 0 Å². The number of carbonyl (C=O) groups is 1. The Morgan fingerprint density at radius 1 is 1.12 bits per heavy atom. The quantitative estimate of drug-likeness (QED) is 0.600. The molecule has 0 aliphatic rings. The molecule has 7 heteroatoms. The number of para-hydroxylation sites is 2. The maximum Gasteiger partial charge on any atom is 0.293 e. The molecule has 0 aliphatic heterocycles. The summed E-state index contributed by atoms with van der Waals surface area (Å²) in [6.07, 6.45) is 1.67. The third-order valence-corrected chi connectivity index (χ3v) is 3.73. The first-order chi connectivity index (χ1) is 12.2. The molecule has 0 bridgehead atoms. The van der Waals surface area contributed by atoms with Crippen LogP contribution in [0.25, 0.3) is 11.0 Å². The molecule has 0 radical (unpaired) electrons. The van der Waals surface area contributed by atoms with Gasteiger partial charge in [0, 0.05) is 12.3 Å². The average molecular weight is 334 g/mol. The molecule has 1 amide bonds. The van der Waals surface area contributed by atoms with Crippen molar-refractivity contribution >= 4 is 22.9 Å². The fourth-order valence-corrected chi connectivity index (χ4v) is 2.53. The van der Waals surface area contributed by atoms with Crippen LogP contribution < -0.4 is 10.9 Å². The van der Waals surface area contributed by atoms with Crippen molar-refractivity contribution < 1.29 is 9.21 Å². The average Bonchev–Trinajstić information content (AvgIpc) is 3.23. The van der Waals surface area contributed by atoms with E-state index in [9.17, 15) is 9.59 Å². The van der Waals surface area contributed by atoms with Gasteiger partial charge in [-0.2, -0.15) is 0 Å². The summed E-state index contributed by atoms with van der Waals surface area (Å²) in [6, 6.07) is 15.6. The molecule has 25 heavy (non-hydrogen) atoms. The highest BCUT2D eigenvalue weighted by Gasteiger charge is 2.14. The molecule has 3 heterocycles. The Balaban J connectivity index is 1.50. The summed E-state index contributed by atoms with van der Waals surface area (Å²) in [5.74, 6) is 0.608. The number of hydrogen-bond acceptors (Lipinski definition) is 4. The molecule has 0 fully saturated rings. The molecular weight excluding hydrogens is 320 g/mol. The number of aromatic amines is 1. The predicted octanol–water partition coefficient (Wildman–Crippen LogP) is 2.62. The molecule has 1 aromatic carbocycles. The summed E-state index contributed by atoms with van der Waals surface area (Å²) in [7, 11) is 0. The summed E-state index contributed by atoms with van der Waals surface area (Å²) >= 11 is 0. The SMILES string of the molecule is O=C(Nc1nc2ccccc2[nH]1)c1ccc(Cn2ccccc2=O)o1. The van der Waals surface area contributed by atoms with Crippen molar-refractivity contribution in [1.82, 2.24) is 14.5 Å². The van der Waals surface area contributed by atoms with E-state index in [1.165, 1.54) is 10.6 Å². The van der Waals surface area contributed by atoms with E-state index in [4.69, 9.17) is 4.42 Å². The third-order valence-electron chi connectivity index (χ3n) is 3.73. The zero-order valence-electron chi connectivity index (χ0n) is 13.1. The van der Waals surface area contributed by atoms with Gasteiger partial charge in [0.15, 0.2) is 5.76 Å². The Hall–Kier alpha value is -3.61. The van der Waals surface area contributed by atoms with Crippen molar-refractivity contribution in [3.63, 3.8) is 0 Å². The number of anilines is 1. The van der Waals surface area contributed by atoms with Gasteiger partial charge in [0.25, 0.3) is 11.5 Å². The van der Waals surface area contributed by atoms with Crippen LogP contribution in [0.15, 0.2) is 70.0 Å². The van der Waals surface area contributed by atoms with E-state index in [0.29, 0.717) is 11.7 Å². The molecule has 4 rings (SSSR count). The normalized spacial score (nSPS) is 10.9. The van der Waals surface area contributed by atoms with Crippen LogP contribution in [0.3, 0.4) is 0 Å². The number of pyridine rings is 1. The van der Waals surface area contributed by atoms with Crippen molar-refractivity contribution in [2.75, 3.05) is 5.32 Å². The van der Waals surface area contributed by atoms with Gasteiger partial charge in [-0.15, -0.1) is 0 Å². The molecular formula is C18H14N4O3. The van der Waals surface area contributed by atoms with Crippen molar-refractivity contribution in [1.29, 1.82) is 0 Å². The van der Waals surface area contributed by atoms with Crippen LogP contribution >= 0.6 is 0 Å². The molecule has 0 saturated carbocycles. The van der Waals surface area contributed by atoms with Crippen LogP contribution in [-0.4, -0.2) is 20.4 Å². The van der Waals surface area contributed by atoms with Gasteiger partial charge in [0.1, 0.15) is 5.76 Å². The van der Waals surface area contributed by atoms with Crippen LogP contribution in [-0.2, 0) is 6.54 Å². The molecule has 124 valence electrons. The summed E-state index contributed by atoms with van der Waals surface area (Å²) in [5, 5.41) is 2.67. The van der Waals surface area contributed by atoms with Gasteiger partial charge in [-0.3, -0.25) is 14.9 Å². The molecule has 0 atom stereocenters. The molecule has 0 saturated heterocycles. The highest BCUT2D eigenvalue weighted by molar-refractivity contribution is 6.01. The number of H-pyrrole nitrogens is 1. The van der Waals surface area contributed by atoms with Crippen molar-refractivity contribution in [3.8, 4) is 0 Å². The van der Waals surface area contributed by atoms with Crippen LogP contribution in [0.1, 0.15) is 16.3 Å². The number of carbonyl (C=O) groups excluding carboxylic acids is 1. The first kappa shape index (κ1) is 14.9. The molecule has 0 spiro atoms. The maximum atomic E-state index is 12.3. The van der Waals surface area contributed by atoms with Gasteiger partial charge in [-0.25, -0.2) is 4.98 Å². The summed E-state index contributed by atoms with van der Waals surface area (Å²) in [5.41, 5.74) is 1.47. The number of benzene rings is 1. The monoisotopic (exact) mass is 334 g/mol. The minimum atomic E-state index is -0.411. The van der Waals surface area contributed by atoms with E-state index in [1.807, 2.05) is 24.3 Å². The van der Waals surface area contributed by atoms with Gasteiger partial charge < -0.3 is 14.0 Å². The highest BCUT2D eigenvalue weighted by atomic mass is 16.4. The maximum absolute atomic E-state index is 12.3. The number of nitrogens with one attached hydrogen (secondary N) is 2. The van der Waals surface area contributed by atoms with E-state index >= 15 is 0 Å². The lowest BCUT2D eigenvalue weighted by Gasteiger charge is -2.02. The van der Waals surface area contributed by atoms with E-state index in [-0.39, 0.29) is 17.9 Å². The lowest BCUT2D eigenvalue weighted by atomic mass is 10.3. The summed E-state index contributed by atoms with van der Waals surface area (Å²) in [4.78, 5) is 31.3. The van der Waals surface area contributed by atoms with Gasteiger partial charge in [0.2, 0.25) is 5.95 Å². The Bertz CT molecular complexity index is 1070. The van der Waals surface area contributed by atoms with Crippen molar-refractivity contribution in [2.45, 2.75) is 6.54 Å². The van der Waals surface area contributed by atoms with Crippen LogP contribution in [0.4, 0.5) is 5.95 Å². The number of rotatable bonds is 4. The second-order valence-electron chi connectivity index (χ2n) is 5.49. The predicted molar refractivity (Wildman–Crippen MR) is 92.6 cm³/mol. The molecule has 0 unspecified atom stereocenters. The van der Waals surface area contributed by atoms with Crippen LogP contribution in [0.5, 0.6) is 0 Å². The fraction of sp³-hybridized carbons (Fsp3) is 0.0556. The first-order valence-electron chi connectivity index (χ1n) is 7.69. The largest absolute Gasteiger partial charge is 0.454 e. The zero-order valence-corrected chi connectivity index (χ0v) is 13.1. The Morgan fingerprint density at radius 3 is 2.80 bits per heavy atom. The minimum Gasteiger partial charge on any atom is -0.454 e. The lowest BCUT2D eigenvalue weighted by molar-refractivity contribution is 0.0994. The topological polar surface area (TPSA) is 92.9 Å². The number of fused-ring (bicyclic) bond motifs is 1. The standard InChI is InChI=1S/C18H14N4O3/c23-16-7-3-4-10-22(16)11-12-8-9-15(25-12)17(24)21-18-19-13-5-1-2-6-14(13)20-18/h1-10H,11H2,(H2,19,20,21,24). The van der Waals surface area contributed by atoms with E-state index in [2.05, 4.69) is 15.3 Å². The molecule has 0 aliphatic carbocycles. The Kier molecular flexibility index (Phi) is 3.66. The molecule has 2 N–H and O–H groups in total. The number of amides is 1. The number of nitrogens with zero attached hydrogens (tertiary/aromatic N) is 2. The second kappa shape index (κ2) is 6.12. The Morgan fingerprint density at radius 2 is 1.96 bits per heavy atom. The Labute approximate surface area is 141 Å². The molecule has 3 aromatic heterocycles.